The van der Waals surface area contributed by atoms with Crippen LogP contribution in [-0.2, 0) is 16.3 Å². The predicted molar refractivity (Wildman–Crippen MR) is 65.7 cm³/mol. The molecule has 0 radical (unpaired) electrons. The Labute approximate surface area is 117 Å². The van der Waals surface area contributed by atoms with Crippen LogP contribution in [0.15, 0.2) is 53.4 Å². The van der Waals surface area contributed by atoms with E-state index in [0.29, 0.717) is 6.07 Å². The highest BCUT2D eigenvalue weighted by atomic mass is 32.2. The van der Waals surface area contributed by atoms with E-state index in [9.17, 15) is 26.0 Å². The smallest absolute Gasteiger partial charge is 0.379 e. The van der Waals surface area contributed by atoms with Crippen LogP contribution in [0.3, 0.4) is 0 Å². The first-order chi connectivity index (χ1) is 9.68. The first-order valence-corrected chi connectivity index (χ1v) is 6.97. The van der Waals surface area contributed by atoms with Crippen molar-refractivity contribution in [3.05, 3.63) is 59.9 Å². The molecule has 0 atom stereocenters. The molecule has 2 rings (SSSR count). The highest BCUT2D eigenvalue weighted by Crippen LogP contribution is 2.31. The number of hydrogen-bond donors (Lipinski definition) is 0. The fourth-order valence-electron chi connectivity index (χ4n) is 1.52. The lowest BCUT2D eigenvalue weighted by Crippen LogP contribution is -2.12. The summed E-state index contributed by atoms with van der Waals surface area (Å²) in [6.07, 6.45) is -4.68. The van der Waals surface area contributed by atoms with Crippen LogP contribution in [0.4, 0.5) is 17.6 Å². The van der Waals surface area contributed by atoms with E-state index in [0.717, 1.165) is 30.3 Å². The monoisotopic (exact) mass is 320 g/mol. The summed E-state index contributed by atoms with van der Waals surface area (Å²) in [5.74, 6) is -1.06. The summed E-state index contributed by atoms with van der Waals surface area (Å²) in [5, 5.41) is 0. The van der Waals surface area contributed by atoms with Gasteiger partial charge in [0.2, 0.25) is 0 Å². The van der Waals surface area contributed by atoms with Gasteiger partial charge in [-0.1, -0.05) is 12.1 Å². The summed E-state index contributed by atoms with van der Waals surface area (Å²) in [7, 11) is -4.48. The maximum atomic E-state index is 12.9. The van der Waals surface area contributed by atoms with Crippen LogP contribution in [0.1, 0.15) is 5.56 Å². The Morgan fingerprint density at radius 1 is 0.952 bits per heavy atom. The van der Waals surface area contributed by atoms with Crippen molar-refractivity contribution in [1.29, 1.82) is 0 Å². The molecule has 0 bridgehead atoms. The van der Waals surface area contributed by atoms with Crippen LogP contribution in [0.5, 0.6) is 5.75 Å². The molecule has 0 N–H and O–H groups in total. The van der Waals surface area contributed by atoms with Gasteiger partial charge < -0.3 is 4.18 Å². The third-order valence-electron chi connectivity index (χ3n) is 2.45. The highest BCUT2D eigenvalue weighted by Gasteiger charge is 2.32. The molecular weight excluding hydrogens is 312 g/mol. The van der Waals surface area contributed by atoms with Gasteiger partial charge in [-0.25, -0.2) is 4.39 Å². The van der Waals surface area contributed by atoms with E-state index < -0.39 is 32.6 Å². The molecule has 2 aromatic rings. The van der Waals surface area contributed by atoms with Gasteiger partial charge in [0.15, 0.2) is 0 Å². The molecule has 0 saturated carbocycles. The SMILES string of the molecule is O=S(=O)(Oc1cccc(F)c1)c1cccc(C(F)(F)F)c1. The average Bonchev–Trinajstić information content (AvgIpc) is 2.37. The lowest BCUT2D eigenvalue weighted by molar-refractivity contribution is -0.137. The molecule has 0 heterocycles. The van der Waals surface area contributed by atoms with Crippen LogP contribution in [0.25, 0.3) is 0 Å². The molecule has 0 amide bonds. The zero-order valence-electron chi connectivity index (χ0n) is 10.3. The molecule has 3 nitrogen and oxygen atoms in total. The summed E-state index contributed by atoms with van der Waals surface area (Å²) >= 11 is 0. The number of alkyl halides is 3. The average molecular weight is 320 g/mol. The van der Waals surface area contributed by atoms with Crippen molar-refractivity contribution in [2.45, 2.75) is 11.1 Å². The van der Waals surface area contributed by atoms with Crippen LogP contribution < -0.4 is 4.18 Å². The number of rotatable bonds is 3. The molecule has 8 heteroatoms. The van der Waals surface area contributed by atoms with E-state index in [4.69, 9.17) is 0 Å². The summed E-state index contributed by atoms with van der Waals surface area (Å²) in [6, 6.07) is 7.37. The Morgan fingerprint density at radius 3 is 2.24 bits per heavy atom. The van der Waals surface area contributed by atoms with Gasteiger partial charge in [0, 0.05) is 6.07 Å². The summed E-state index contributed by atoms with van der Waals surface area (Å²) in [5.41, 5.74) is -1.12. The van der Waals surface area contributed by atoms with Gasteiger partial charge in [-0.15, -0.1) is 0 Å². The van der Waals surface area contributed by atoms with Gasteiger partial charge in [0.25, 0.3) is 0 Å². The second-order valence-corrected chi connectivity index (χ2v) is 5.57. The topological polar surface area (TPSA) is 43.4 Å². The maximum Gasteiger partial charge on any atom is 0.416 e. The van der Waals surface area contributed by atoms with Crippen molar-refractivity contribution in [2.24, 2.45) is 0 Å². The lowest BCUT2D eigenvalue weighted by atomic mass is 10.2. The highest BCUT2D eigenvalue weighted by molar-refractivity contribution is 7.87. The molecule has 0 fully saturated rings. The second kappa shape index (κ2) is 5.36. The minimum atomic E-state index is -4.68. The van der Waals surface area contributed by atoms with E-state index in [-0.39, 0.29) is 5.75 Å². The molecule has 0 aromatic heterocycles. The van der Waals surface area contributed by atoms with Crippen molar-refractivity contribution in [3.63, 3.8) is 0 Å². The van der Waals surface area contributed by atoms with Crippen molar-refractivity contribution in [1.82, 2.24) is 0 Å². The van der Waals surface area contributed by atoms with Gasteiger partial charge in [-0.3, -0.25) is 0 Å². The molecule has 0 spiro atoms. The fourth-order valence-corrected chi connectivity index (χ4v) is 2.49. The predicted octanol–water partition coefficient (Wildman–Crippen LogP) is 3.61. The van der Waals surface area contributed by atoms with E-state index in [1.54, 1.807) is 0 Å². The standard InChI is InChI=1S/C13H8F4O3S/c14-10-4-2-5-11(8-10)20-21(18,19)12-6-1-3-9(7-12)13(15,16)17/h1-8H. The third kappa shape index (κ3) is 3.72. The Hall–Kier alpha value is -2.09. The molecule has 0 aliphatic rings. The minimum absolute atomic E-state index is 0.326. The molecule has 0 unspecified atom stereocenters. The Bertz CT molecular complexity index is 754. The van der Waals surface area contributed by atoms with Crippen LogP contribution >= 0.6 is 0 Å². The minimum Gasteiger partial charge on any atom is -0.379 e. The van der Waals surface area contributed by atoms with Gasteiger partial charge >= 0.3 is 16.3 Å². The molecule has 112 valence electrons. The van der Waals surface area contributed by atoms with Crippen molar-refractivity contribution >= 4 is 10.1 Å². The normalized spacial score (nSPS) is 12.2. The number of benzene rings is 2. The third-order valence-corrected chi connectivity index (χ3v) is 3.70. The first kappa shape index (κ1) is 15.3. The fraction of sp³-hybridized carbons (Fsp3) is 0.0769. The zero-order valence-corrected chi connectivity index (χ0v) is 11.1. The Morgan fingerprint density at radius 2 is 1.62 bits per heavy atom. The largest absolute Gasteiger partial charge is 0.416 e. The molecule has 0 aliphatic heterocycles. The number of halogens is 4. The summed E-state index contributed by atoms with van der Waals surface area (Å²) < 4.78 is 79.0. The Balaban J connectivity index is 2.36. The van der Waals surface area contributed by atoms with Crippen LogP contribution in [0, 0.1) is 5.82 Å². The van der Waals surface area contributed by atoms with Gasteiger partial charge in [0.05, 0.1) is 5.56 Å². The molecule has 0 aliphatic carbocycles. The molecule has 21 heavy (non-hydrogen) atoms. The van der Waals surface area contributed by atoms with Gasteiger partial charge in [-0.2, -0.15) is 21.6 Å². The van der Waals surface area contributed by atoms with Crippen LogP contribution in [0.2, 0.25) is 0 Å². The van der Waals surface area contributed by atoms with Gasteiger partial charge in [0.1, 0.15) is 16.5 Å². The van der Waals surface area contributed by atoms with Crippen molar-refractivity contribution in [2.75, 3.05) is 0 Å². The lowest BCUT2D eigenvalue weighted by Gasteiger charge is -2.10. The second-order valence-electron chi connectivity index (χ2n) is 4.02. The zero-order chi connectivity index (χ0) is 15.7. The molecule has 0 saturated heterocycles. The summed E-state index contributed by atoms with van der Waals surface area (Å²) in [6.45, 7) is 0. The van der Waals surface area contributed by atoms with Crippen molar-refractivity contribution < 1.29 is 30.2 Å². The Kier molecular flexibility index (Phi) is 3.91. The van der Waals surface area contributed by atoms with E-state index in [1.807, 2.05) is 0 Å². The number of hydrogen-bond acceptors (Lipinski definition) is 3. The molecular formula is C13H8F4O3S. The maximum absolute atomic E-state index is 12.9. The van der Waals surface area contributed by atoms with Gasteiger partial charge in [-0.05, 0) is 30.3 Å². The van der Waals surface area contributed by atoms with Crippen LogP contribution in [-0.4, -0.2) is 8.42 Å². The summed E-state index contributed by atoms with van der Waals surface area (Å²) in [4.78, 5) is -0.665. The van der Waals surface area contributed by atoms with E-state index in [1.165, 1.54) is 12.1 Å². The van der Waals surface area contributed by atoms with E-state index in [2.05, 4.69) is 4.18 Å². The van der Waals surface area contributed by atoms with E-state index >= 15 is 0 Å². The quantitative estimate of drug-likeness (QED) is 0.641. The first-order valence-electron chi connectivity index (χ1n) is 5.56. The molecule has 2 aromatic carbocycles. The van der Waals surface area contributed by atoms with Crippen molar-refractivity contribution in [3.8, 4) is 5.75 Å².